The summed E-state index contributed by atoms with van der Waals surface area (Å²) in [5.41, 5.74) is 2.76. The maximum absolute atomic E-state index is 12.1. The number of nitrogens with one attached hydrogen (secondary N) is 1. The Morgan fingerprint density at radius 1 is 1.27 bits per heavy atom. The minimum atomic E-state index is -0.214. The molecule has 0 saturated heterocycles. The Kier molecular flexibility index (Phi) is 6.20. The van der Waals surface area contributed by atoms with Crippen molar-refractivity contribution in [3.8, 4) is 17.0 Å². The fourth-order valence-corrected chi connectivity index (χ4v) is 3.39. The van der Waals surface area contributed by atoms with Crippen LogP contribution in [-0.4, -0.2) is 17.5 Å². The highest BCUT2D eigenvalue weighted by Gasteiger charge is 2.06. The lowest BCUT2D eigenvalue weighted by molar-refractivity contribution is -0.111. The first kappa shape index (κ1) is 18.4. The number of hydrogen-bond acceptors (Lipinski definition) is 4. The van der Waals surface area contributed by atoms with Crippen LogP contribution in [0.3, 0.4) is 0 Å². The zero-order valence-corrected chi connectivity index (χ0v) is 16.5. The van der Waals surface area contributed by atoms with Gasteiger partial charge in [0.15, 0.2) is 5.13 Å². The number of anilines is 1. The molecule has 0 saturated carbocycles. The Labute approximate surface area is 164 Å². The molecule has 6 heteroatoms. The minimum absolute atomic E-state index is 0.214. The topological polar surface area (TPSA) is 51.2 Å². The van der Waals surface area contributed by atoms with Gasteiger partial charge in [-0.1, -0.05) is 40.2 Å². The number of ether oxygens (including phenoxy) is 1. The molecule has 1 aromatic heterocycles. The van der Waals surface area contributed by atoms with Gasteiger partial charge in [0.2, 0.25) is 5.91 Å². The van der Waals surface area contributed by atoms with Gasteiger partial charge in [0.25, 0.3) is 0 Å². The molecular formula is C20H17BrN2O2S. The van der Waals surface area contributed by atoms with E-state index < -0.39 is 0 Å². The van der Waals surface area contributed by atoms with Crippen molar-refractivity contribution in [3.63, 3.8) is 0 Å². The molecule has 0 aliphatic rings. The molecule has 0 atom stereocenters. The zero-order valence-electron chi connectivity index (χ0n) is 14.1. The van der Waals surface area contributed by atoms with Gasteiger partial charge in [0, 0.05) is 21.5 Å². The van der Waals surface area contributed by atoms with E-state index in [0.29, 0.717) is 11.7 Å². The number of carbonyl (C=O) groups excluding carboxylic acids is 1. The van der Waals surface area contributed by atoms with Gasteiger partial charge in [-0.3, -0.25) is 10.1 Å². The Hall–Kier alpha value is -2.44. The molecule has 1 N–H and O–H groups in total. The van der Waals surface area contributed by atoms with Crippen LogP contribution in [0.1, 0.15) is 12.5 Å². The predicted octanol–water partition coefficient (Wildman–Crippen LogP) is 5.62. The van der Waals surface area contributed by atoms with Crippen LogP contribution in [-0.2, 0) is 4.79 Å². The molecule has 26 heavy (non-hydrogen) atoms. The molecule has 0 radical (unpaired) electrons. The fourth-order valence-electron chi connectivity index (χ4n) is 2.27. The molecule has 0 unspecified atom stereocenters. The maximum atomic E-state index is 12.1. The molecule has 1 amide bonds. The Bertz CT molecular complexity index is 920. The fraction of sp³-hybridized carbons (Fsp3) is 0.100. The minimum Gasteiger partial charge on any atom is -0.494 e. The van der Waals surface area contributed by atoms with Crippen molar-refractivity contribution in [3.05, 3.63) is 70.0 Å². The Morgan fingerprint density at radius 3 is 2.81 bits per heavy atom. The highest BCUT2D eigenvalue weighted by molar-refractivity contribution is 9.10. The van der Waals surface area contributed by atoms with Crippen molar-refractivity contribution in [2.45, 2.75) is 6.92 Å². The second-order valence-corrected chi connectivity index (χ2v) is 7.15. The summed E-state index contributed by atoms with van der Waals surface area (Å²) in [6.45, 7) is 2.58. The van der Waals surface area contributed by atoms with E-state index in [9.17, 15) is 4.79 Å². The summed E-state index contributed by atoms with van der Waals surface area (Å²) in [4.78, 5) is 16.6. The van der Waals surface area contributed by atoms with Crippen LogP contribution < -0.4 is 10.1 Å². The average Bonchev–Trinajstić information content (AvgIpc) is 3.10. The number of benzene rings is 2. The largest absolute Gasteiger partial charge is 0.494 e. The molecule has 3 aromatic rings. The first-order valence-electron chi connectivity index (χ1n) is 8.07. The molecule has 0 spiro atoms. The second-order valence-electron chi connectivity index (χ2n) is 5.37. The van der Waals surface area contributed by atoms with E-state index in [1.807, 2.05) is 60.8 Å². The highest BCUT2D eigenvalue weighted by atomic mass is 79.9. The predicted molar refractivity (Wildman–Crippen MR) is 111 cm³/mol. The number of amides is 1. The summed E-state index contributed by atoms with van der Waals surface area (Å²) in [7, 11) is 0. The number of carbonyl (C=O) groups is 1. The normalized spacial score (nSPS) is 10.8. The van der Waals surface area contributed by atoms with Gasteiger partial charge < -0.3 is 4.74 Å². The standard InChI is InChI=1S/C20H17BrN2O2S/c1-2-25-17-9-6-14(7-10-17)8-11-19(24)23-20-22-18(13-26-20)15-4-3-5-16(21)12-15/h3-13H,2H2,1H3,(H,22,23,24). The van der Waals surface area contributed by atoms with E-state index in [1.54, 1.807) is 6.08 Å². The van der Waals surface area contributed by atoms with Gasteiger partial charge in [-0.25, -0.2) is 4.98 Å². The van der Waals surface area contributed by atoms with Crippen molar-refractivity contribution < 1.29 is 9.53 Å². The monoisotopic (exact) mass is 428 g/mol. The van der Waals surface area contributed by atoms with Gasteiger partial charge in [0.05, 0.1) is 12.3 Å². The Balaban J connectivity index is 1.61. The van der Waals surface area contributed by atoms with Gasteiger partial charge in [-0.05, 0) is 42.8 Å². The third-order valence-electron chi connectivity index (χ3n) is 3.47. The van der Waals surface area contributed by atoms with E-state index in [4.69, 9.17) is 4.74 Å². The molecule has 0 fully saturated rings. The smallest absolute Gasteiger partial charge is 0.250 e. The van der Waals surface area contributed by atoms with Gasteiger partial charge in [0.1, 0.15) is 5.75 Å². The van der Waals surface area contributed by atoms with Gasteiger partial charge in [-0.15, -0.1) is 11.3 Å². The van der Waals surface area contributed by atoms with Gasteiger partial charge in [-0.2, -0.15) is 0 Å². The number of thiazole rings is 1. The van der Waals surface area contributed by atoms with Crippen LogP contribution in [0.15, 0.2) is 64.5 Å². The molecule has 0 bridgehead atoms. The SMILES string of the molecule is CCOc1ccc(C=CC(=O)Nc2nc(-c3cccc(Br)c3)cs2)cc1. The second kappa shape index (κ2) is 8.78. The molecular weight excluding hydrogens is 412 g/mol. The van der Waals surface area contributed by atoms with Crippen molar-refractivity contribution in [2.24, 2.45) is 0 Å². The third-order valence-corrected chi connectivity index (χ3v) is 4.72. The molecule has 4 nitrogen and oxygen atoms in total. The molecule has 2 aromatic carbocycles. The Morgan fingerprint density at radius 2 is 2.08 bits per heavy atom. The number of hydrogen-bond donors (Lipinski definition) is 1. The summed E-state index contributed by atoms with van der Waals surface area (Å²) in [5, 5.41) is 5.29. The van der Waals surface area contributed by atoms with Crippen LogP contribution in [0.2, 0.25) is 0 Å². The van der Waals surface area contributed by atoms with Crippen molar-refractivity contribution in [1.82, 2.24) is 4.98 Å². The summed E-state index contributed by atoms with van der Waals surface area (Å²) in [6, 6.07) is 15.5. The van der Waals surface area contributed by atoms with E-state index in [2.05, 4.69) is 26.2 Å². The van der Waals surface area contributed by atoms with E-state index in [1.165, 1.54) is 17.4 Å². The maximum Gasteiger partial charge on any atom is 0.250 e. The molecule has 0 aliphatic carbocycles. The van der Waals surface area contributed by atoms with E-state index in [0.717, 1.165) is 27.0 Å². The summed E-state index contributed by atoms with van der Waals surface area (Å²) in [5.74, 6) is 0.603. The van der Waals surface area contributed by atoms with Crippen LogP contribution in [0, 0.1) is 0 Å². The first-order chi connectivity index (χ1) is 12.6. The lowest BCUT2D eigenvalue weighted by atomic mass is 10.2. The molecule has 132 valence electrons. The van der Waals surface area contributed by atoms with E-state index in [-0.39, 0.29) is 5.91 Å². The van der Waals surface area contributed by atoms with E-state index >= 15 is 0 Å². The number of nitrogens with zero attached hydrogens (tertiary/aromatic N) is 1. The summed E-state index contributed by atoms with van der Waals surface area (Å²) in [6.07, 6.45) is 3.25. The molecule has 3 rings (SSSR count). The van der Waals surface area contributed by atoms with Crippen LogP contribution in [0.5, 0.6) is 5.75 Å². The van der Waals surface area contributed by atoms with Crippen LogP contribution in [0.25, 0.3) is 17.3 Å². The quantitative estimate of drug-likeness (QED) is 0.518. The zero-order chi connectivity index (χ0) is 18.4. The third kappa shape index (κ3) is 5.03. The van der Waals surface area contributed by atoms with Crippen molar-refractivity contribution >= 4 is 44.4 Å². The lowest BCUT2D eigenvalue weighted by Crippen LogP contribution is -2.07. The highest BCUT2D eigenvalue weighted by Crippen LogP contribution is 2.26. The molecule has 1 heterocycles. The lowest BCUT2D eigenvalue weighted by Gasteiger charge is -2.02. The average molecular weight is 429 g/mol. The number of aromatic nitrogens is 1. The summed E-state index contributed by atoms with van der Waals surface area (Å²) >= 11 is 4.85. The summed E-state index contributed by atoms with van der Waals surface area (Å²) < 4.78 is 6.39. The molecule has 0 aliphatic heterocycles. The number of rotatable bonds is 6. The van der Waals surface area contributed by atoms with Crippen LogP contribution >= 0.6 is 27.3 Å². The number of halogens is 1. The van der Waals surface area contributed by atoms with Crippen molar-refractivity contribution in [1.29, 1.82) is 0 Å². The first-order valence-corrected chi connectivity index (χ1v) is 9.74. The van der Waals surface area contributed by atoms with Crippen molar-refractivity contribution in [2.75, 3.05) is 11.9 Å². The van der Waals surface area contributed by atoms with Gasteiger partial charge >= 0.3 is 0 Å². The van der Waals surface area contributed by atoms with Crippen LogP contribution in [0.4, 0.5) is 5.13 Å².